The summed E-state index contributed by atoms with van der Waals surface area (Å²) in [5.74, 6) is -2.12. The maximum atomic E-state index is 10.2. The molecule has 0 aliphatic heterocycles. The first-order valence-electron chi connectivity index (χ1n) is 9.51. The molecular formula is C18H34O6. The predicted octanol–water partition coefficient (Wildman–Crippen LogP) is 1.83. The molecule has 2 unspecified atom stereocenters. The molecule has 2 aliphatic carbocycles. The fraction of sp³-hybridized carbons (Fsp3) is 1.00. The van der Waals surface area contributed by atoms with E-state index in [2.05, 4.69) is 0 Å². The van der Waals surface area contributed by atoms with E-state index in [9.17, 15) is 20.4 Å². The minimum atomic E-state index is -1.06. The zero-order valence-electron chi connectivity index (χ0n) is 14.7. The lowest BCUT2D eigenvalue weighted by molar-refractivity contribution is -0.228. The van der Waals surface area contributed by atoms with Gasteiger partial charge in [-0.25, -0.2) is 0 Å². The van der Waals surface area contributed by atoms with Crippen molar-refractivity contribution in [3.8, 4) is 0 Å². The highest BCUT2D eigenvalue weighted by Crippen LogP contribution is 2.30. The molecule has 2 atom stereocenters. The first-order chi connectivity index (χ1) is 11.4. The molecule has 2 fully saturated rings. The van der Waals surface area contributed by atoms with Crippen LogP contribution < -0.4 is 0 Å². The monoisotopic (exact) mass is 346 g/mol. The quantitative estimate of drug-likeness (QED) is 0.475. The van der Waals surface area contributed by atoms with Gasteiger partial charge in [-0.05, 0) is 38.5 Å². The summed E-state index contributed by atoms with van der Waals surface area (Å²) in [4.78, 5) is 0. The molecule has 142 valence electrons. The van der Waals surface area contributed by atoms with Crippen molar-refractivity contribution in [1.82, 2.24) is 0 Å². The van der Waals surface area contributed by atoms with Gasteiger partial charge in [-0.3, -0.25) is 0 Å². The standard InChI is InChI=1S/C18H34O6/c19-15(7-13-23-17(21)9-3-1-4-10-17)16(20)8-14-24-18(22)11-5-2-6-12-18/h15-16,19-22H,1-14H2. The van der Waals surface area contributed by atoms with E-state index >= 15 is 0 Å². The largest absolute Gasteiger partial charge is 0.390 e. The zero-order valence-corrected chi connectivity index (χ0v) is 14.7. The molecule has 6 nitrogen and oxygen atoms in total. The van der Waals surface area contributed by atoms with Crippen molar-refractivity contribution in [3.05, 3.63) is 0 Å². The lowest BCUT2D eigenvalue weighted by Gasteiger charge is -2.33. The highest BCUT2D eigenvalue weighted by molar-refractivity contribution is 4.75. The van der Waals surface area contributed by atoms with Gasteiger partial charge in [0, 0.05) is 25.7 Å². The Morgan fingerprint density at radius 3 is 1.29 bits per heavy atom. The van der Waals surface area contributed by atoms with Crippen LogP contribution in [0.2, 0.25) is 0 Å². The fourth-order valence-electron chi connectivity index (χ4n) is 3.62. The Morgan fingerprint density at radius 2 is 0.958 bits per heavy atom. The van der Waals surface area contributed by atoms with Crippen molar-refractivity contribution in [2.45, 2.75) is 101 Å². The van der Waals surface area contributed by atoms with E-state index in [1.807, 2.05) is 0 Å². The molecule has 4 N–H and O–H groups in total. The second-order valence-corrected chi connectivity index (χ2v) is 7.42. The molecule has 0 radical (unpaired) electrons. The average Bonchev–Trinajstić information content (AvgIpc) is 2.55. The molecule has 0 aromatic carbocycles. The smallest absolute Gasteiger partial charge is 0.165 e. The first kappa shape index (κ1) is 20.1. The Bertz CT molecular complexity index is 315. The van der Waals surface area contributed by atoms with Gasteiger partial charge < -0.3 is 29.9 Å². The van der Waals surface area contributed by atoms with Gasteiger partial charge in [0.15, 0.2) is 11.6 Å². The summed E-state index contributed by atoms with van der Waals surface area (Å²) >= 11 is 0. The van der Waals surface area contributed by atoms with Crippen molar-refractivity contribution < 1.29 is 29.9 Å². The third-order valence-electron chi connectivity index (χ3n) is 5.28. The Labute approximate surface area is 144 Å². The van der Waals surface area contributed by atoms with Gasteiger partial charge in [0.25, 0.3) is 0 Å². The number of rotatable bonds is 9. The summed E-state index contributed by atoms with van der Waals surface area (Å²) in [7, 11) is 0. The van der Waals surface area contributed by atoms with E-state index in [0.717, 1.165) is 38.5 Å². The lowest BCUT2D eigenvalue weighted by Crippen LogP contribution is -2.38. The van der Waals surface area contributed by atoms with Crippen LogP contribution in [0, 0.1) is 0 Å². The van der Waals surface area contributed by atoms with Gasteiger partial charge in [-0.1, -0.05) is 12.8 Å². The van der Waals surface area contributed by atoms with Crippen LogP contribution in [-0.2, 0) is 9.47 Å². The van der Waals surface area contributed by atoms with Crippen LogP contribution >= 0.6 is 0 Å². The summed E-state index contributed by atoms with van der Waals surface area (Å²) in [5.41, 5.74) is 0. The Morgan fingerprint density at radius 1 is 0.625 bits per heavy atom. The lowest BCUT2D eigenvalue weighted by atomic mass is 9.94. The maximum absolute atomic E-state index is 10.2. The van der Waals surface area contributed by atoms with Crippen molar-refractivity contribution >= 4 is 0 Å². The van der Waals surface area contributed by atoms with Crippen molar-refractivity contribution in [2.75, 3.05) is 13.2 Å². The van der Waals surface area contributed by atoms with Crippen molar-refractivity contribution in [2.24, 2.45) is 0 Å². The third kappa shape index (κ3) is 6.58. The minimum absolute atomic E-state index is 0.222. The van der Waals surface area contributed by atoms with Crippen LogP contribution in [0.25, 0.3) is 0 Å². The Kier molecular flexibility index (Phi) is 7.91. The first-order valence-corrected chi connectivity index (χ1v) is 9.51. The van der Waals surface area contributed by atoms with E-state index in [1.54, 1.807) is 0 Å². The molecule has 0 saturated heterocycles. The molecule has 2 saturated carbocycles. The summed E-state index contributed by atoms with van der Waals surface area (Å²) in [6, 6.07) is 0. The highest BCUT2D eigenvalue weighted by Gasteiger charge is 2.31. The maximum Gasteiger partial charge on any atom is 0.165 e. The zero-order chi connectivity index (χ0) is 17.5. The average molecular weight is 346 g/mol. The number of aliphatic hydroxyl groups is 4. The number of aliphatic hydroxyl groups excluding tert-OH is 2. The Balaban J connectivity index is 1.58. The molecule has 0 heterocycles. The van der Waals surface area contributed by atoms with E-state index in [-0.39, 0.29) is 26.1 Å². The van der Waals surface area contributed by atoms with E-state index in [1.165, 1.54) is 0 Å². The summed E-state index contributed by atoms with van der Waals surface area (Å²) in [6.45, 7) is 0.443. The summed E-state index contributed by atoms with van der Waals surface area (Å²) < 4.78 is 11.0. The molecule has 2 rings (SSSR count). The number of hydrogen-bond donors (Lipinski definition) is 4. The van der Waals surface area contributed by atoms with Crippen LogP contribution in [-0.4, -0.2) is 57.4 Å². The fourth-order valence-corrected chi connectivity index (χ4v) is 3.62. The van der Waals surface area contributed by atoms with Gasteiger partial charge in [0.1, 0.15) is 0 Å². The second kappa shape index (κ2) is 9.46. The van der Waals surface area contributed by atoms with Crippen LogP contribution in [0.4, 0.5) is 0 Å². The van der Waals surface area contributed by atoms with Gasteiger partial charge in [0.2, 0.25) is 0 Å². The van der Waals surface area contributed by atoms with Gasteiger partial charge in [-0.15, -0.1) is 0 Å². The number of ether oxygens (including phenoxy) is 2. The molecule has 0 aromatic rings. The van der Waals surface area contributed by atoms with Gasteiger partial charge in [-0.2, -0.15) is 0 Å². The van der Waals surface area contributed by atoms with Crippen LogP contribution in [0.5, 0.6) is 0 Å². The molecule has 0 bridgehead atoms. The van der Waals surface area contributed by atoms with E-state index in [0.29, 0.717) is 25.7 Å². The summed E-state index contributed by atoms with van der Waals surface area (Å²) in [5, 5.41) is 40.5. The van der Waals surface area contributed by atoms with Gasteiger partial charge >= 0.3 is 0 Å². The summed E-state index contributed by atoms with van der Waals surface area (Å²) in [6.07, 6.45) is 7.35. The van der Waals surface area contributed by atoms with E-state index in [4.69, 9.17) is 9.47 Å². The van der Waals surface area contributed by atoms with Crippen LogP contribution in [0.1, 0.15) is 77.0 Å². The molecular weight excluding hydrogens is 312 g/mol. The SMILES string of the molecule is OC(CCOC1(O)CCCCC1)C(O)CCOC1(O)CCCCC1. The Hall–Kier alpha value is -0.240. The molecule has 0 spiro atoms. The molecule has 6 heteroatoms. The van der Waals surface area contributed by atoms with Crippen molar-refractivity contribution in [3.63, 3.8) is 0 Å². The van der Waals surface area contributed by atoms with E-state index < -0.39 is 23.8 Å². The molecule has 2 aliphatic rings. The van der Waals surface area contributed by atoms with Crippen LogP contribution in [0.15, 0.2) is 0 Å². The highest BCUT2D eigenvalue weighted by atomic mass is 16.6. The topological polar surface area (TPSA) is 99.4 Å². The van der Waals surface area contributed by atoms with Gasteiger partial charge in [0.05, 0.1) is 25.4 Å². The molecule has 0 aromatic heterocycles. The molecule has 24 heavy (non-hydrogen) atoms. The predicted molar refractivity (Wildman–Crippen MR) is 89.2 cm³/mol. The third-order valence-corrected chi connectivity index (χ3v) is 5.28. The number of hydrogen-bond acceptors (Lipinski definition) is 6. The van der Waals surface area contributed by atoms with Crippen molar-refractivity contribution in [1.29, 1.82) is 0 Å². The molecule has 0 amide bonds. The second-order valence-electron chi connectivity index (χ2n) is 7.42. The van der Waals surface area contributed by atoms with Crippen LogP contribution in [0.3, 0.4) is 0 Å². The normalized spacial score (nSPS) is 26.0. The minimum Gasteiger partial charge on any atom is -0.390 e.